The third kappa shape index (κ3) is 5.90. The molecule has 2 aromatic rings. The zero-order chi connectivity index (χ0) is 22.1. The molecule has 0 radical (unpaired) electrons. The lowest BCUT2D eigenvalue weighted by Gasteiger charge is -2.36. The Balaban J connectivity index is 1.60. The second kappa shape index (κ2) is 10.7. The fourth-order valence-electron chi connectivity index (χ4n) is 3.99. The van der Waals surface area contributed by atoms with E-state index in [2.05, 4.69) is 16.0 Å². The summed E-state index contributed by atoms with van der Waals surface area (Å²) in [6.07, 6.45) is 4.82. The van der Waals surface area contributed by atoms with Gasteiger partial charge in [0.2, 0.25) is 5.91 Å². The van der Waals surface area contributed by atoms with E-state index in [4.69, 9.17) is 9.47 Å². The number of amides is 3. The monoisotopic (exact) mass is 425 g/mol. The number of carbonyl (C=O) groups excluding carboxylic acids is 2. The topological polar surface area (TPSA) is 88.7 Å². The van der Waals surface area contributed by atoms with Crippen LogP contribution in [0.5, 0.6) is 11.5 Å². The van der Waals surface area contributed by atoms with Gasteiger partial charge in [0, 0.05) is 12.2 Å². The van der Waals surface area contributed by atoms with E-state index in [9.17, 15) is 9.59 Å². The Hall–Kier alpha value is -3.22. The number of benzene rings is 2. The molecule has 166 valence electrons. The fourth-order valence-corrected chi connectivity index (χ4v) is 3.99. The Labute approximate surface area is 183 Å². The van der Waals surface area contributed by atoms with E-state index in [-0.39, 0.29) is 11.9 Å². The molecule has 1 aliphatic carbocycles. The predicted octanol–water partition coefficient (Wildman–Crippen LogP) is 3.89. The molecule has 1 fully saturated rings. The number of urea groups is 1. The van der Waals surface area contributed by atoms with Crippen molar-refractivity contribution in [1.82, 2.24) is 10.6 Å². The number of hydrogen-bond donors (Lipinski definition) is 3. The lowest BCUT2D eigenvalue weighted by atomic mass is 9.81. The molecule has 0 spiro atoms. The molecule has 31 heavy (non-hydrogen) atoms. The van der Waals surface area contributed by atoms with Crippen molar-refractivity contribution in [3.05, 3.63) is 54.1 Å². The van der Waals surface area contributed by atoms with Crippen LogP contribution in [0.2, 0.25) is 0 Å². The van der Waals surface area contributed by atoms with Crippen LogP contribution < -0.4 is 25.4 Å². The van der Waals surface area contributed by atoms with Crippen LogP contribution in [0, 0.1) is 0 Å². The Kier molecular flexibility index (Phi) is 7.76. The molecule has 0 bridgehead atoms. The standard InChI is InChI=1S/C24H31N3O4/c1-30-20-12-11-18(17-21(20)31-2)13-16-25-22(28)24(14-7-4-8-15-24)27-23(29)26-19-9-5-3-6-10-19/h3,5-6,9-12,17H,4,7-8,13-16H2,1-2H3,(H,25,28)(H2,26,27,29). The van der Waals surface area contributed by atoms with Crippen molar-refractivity contribution in [2.45, 2.75) is 44.1 Å². The molecule has 3 rings (SSSR count). The zero-order valence-electron chi connectivity index (χ0n) is 18.2. The number of nitrogens with one attached hydrogen (secondary N) is 3. The van der Waals surface area contributed by atoms with Crippen molar-refractivity contribution in [2.75, 3.05) is 26.1 Å². The van der Waals surface area contributed by atoms with Gasteiger partial charge < -0.3 is 25.4 Å². The first-order chi connectivity index (χ1) is 15.1. The van der Waals surface area contributed by atoms with Crippen molar-refractivity contribution >= 4 is 17.6 Å². The van der Waals surface area contributed by atoms with Crippen LogP contribution in [0.1, 0.15) is 37.7 Å². The summed E-state index contributed by atoms with van der Waals surface area (Å²) in [4.78, 5) is 25.7. The molecule has 7 nitrogen and oxygen atoms in total. The van der Waals surface area contributed by atoms with E-state index in [1.165, 1.54) is 0 Å². The summed E-state index contributed by atoms with van der Waals surface area (Å²) in [6, 6.07) is 14.6. The Bertz CT molecular complexity index is 880. The van der Waals surface area contributed by atoms with Gasteiger partial charge in [0.1, 0.15) is 5.54 Å². The minimum Gasteiger partial charge on any atom is -0.493 e. The number of methoxy groups -OCH3 is 2. The average Bonchev–Trinajstić information content (AvgIpc) is 2.80. The van der Waals surface area contributed by atoms with Gasteiger partial charge in [0.25, 0.3) is 0 Å². The summed E-state index contributed by atoms with van der Waals surface area (Å²) in [5.74, 6) is 1.20. The molecular formula is C24H31N3O4. The third-order valence-corrected chi connectivity index (χ3v) is 5.67. The third-order valence-electron chi connectivity index (χ3n) is 5.67. The molecular weight excluding hydrogens is 394 g/mol. The highest BCUT2D eigenvalue weighted by Gasteiger charge is 2.40. The van der Waals surface area contributed by atoms with Crippen LogP contribution in [0.25, 0.3) is 0 Å². The van der Waals surface area contributed by atoms with Gasteiger partial charge in [-0.3, -0.25) is 4.79 Å². The summed E-state index contributed by atoms with van der Waals surface area (Å²) in [7, 11) is 3.20. The lowest BCUT2D eigenvalue weighted by Crippen LogP contribution is -2.60. The summed E-state index contributed by atoms with van der Waals surface area (Å²) >= 11 is 0. The molecule has 3 N–H and O–H groups in total. The highest BCUT2D eigenvalue weighted by atomic mass is 16.5. The van der Waals surface area contributed by atoms with Gasteiger partial charge >= 0.3 is 6.03 Å². The Morgan fingerprint density at radius 1 is 0.935 bits per heavy atom. The molecule has 0 atom stereocenters. The van der Waals surface area contributed by atoms with Gasteiger partial charge in [-0.15, -0.1) is 0 Å². The second-order valence-electron chi connectivity index (χ2n) is 7.78. The van der Waals surface area contributed by atoms with Crippen molar-refractivity contribution in [2.24, 2.45) is 0 Å². The van der Waals surface area contributed by atoms with Crippen molar-refractivity contribution in [1.29, 1.82) is 0 Å². The molecule has 0 saturated heterocycles. The lowest BCUT2D eigenvalue weighted by molar-refractivity contribution is -0.128. The van der Waals surface area contributed by atoms with Gasteiger partial charge in [-0.1, -0.05) is 43.5 Å². The van der Waals surface area contributed by atoms with Crippen LogP contribution in [-0.4, -0.2) is 38.2 Å². The van der Waals surface area contributed by atoms with Crippen LogP contribution in [0.15, 0.2) is 48.5 Å². The molecule has 0 aromatic heterocycles. The van der Waals surface area contributed by atoms with E-state index >= 15 is 0 Å². The Morgan fingerprint density at radius 2 is 1.65 bits per heavy atom. The highest BCUT2D eigenvalue weighted by Crippen LogP contribution is 2.29. The van der Waals surface area contributed by atoms with E-state index in [1.807, 2.05) is 48.5 Å². The van der Waals surface area contributed by atoms with Gasteiger partial charge in [0.15, 0.2) is 11.5 Å². The quantitative estimate of drug-likeness (QED) is 0.599. The summed E-state index contributed by atoms with van der Waals surface area (Å²) in [6.45, 7) is 0.470. The average molecular weight is 426 g/mol. The second-order valence-corrected chi connectivity index (χ2v) is 7.78. The minimum atomic E-state index is -0.880. The molecule has 7 heteroatoms. The van der Waals surface area contributed by atoms with Crippen LogP contribution in [0.4, 0.5) is 10.5 Å². The number of anilines is 1. The van der Waals surface area contributed by atoms with Crippen LogP contribution in [-0.2, 0) is 11.2 Å². The number of para-hydroxylation sites is 1. The van der Waals surface area contributed by atoms with E-state index in [0.717, 1.165) is 24.8 Å². The minimum absolute atomic E-state index is 0.129. The summed E-state index contributed by atoms with van der Waals surface area (Å²) < 4.78 is 10.6. The van der Waals surface area contributed by atoms with Gasteiger partial charge in [-0.25, -0.2) is 4.79 Å². The summed E-state index contributed by atoms with van der Waals surface area (Å²) in [5, 5.41) is 8.81. The first-order valence-corrected chi connectivity index (χ1v) is 10.7. The maximum atomic E-state index is 13.1. The van der Waals surface area contributed by atoms with Gasteiger partial charge in [0.05, 0.1) is 14.2 Å². The fraction of sp³-hybridized carbons (Fsp3) is 0.417. The van der Waals surface area contributed by atoms with Crippen LogP contribution in [0.3, 0.4) is 0 Å². The number of rotatable bonds is 8. The molecule has 3 amide bonds. The molecule has 1 saturated carbocycles. The largest absolute Gasteiger partial charge is 0.493 e. The van der Waals surface area contributed by atoms with Gasteiger partial charge in [-0.05, 0) is 49.1 Å². The zero-order valence-corrected chi connectivity index (χ0v) is 18.2. The first kappa shape index (κ1) is 22.5. The van der Waals surface area contributed by atoms with Gasteiger partial charge in [-0.2, -0.15) is 0 Å². The molecule has 1 aliphatic rings. The predicted molar refractivity (Wildman–Crippen MR) is 121 cm³/mol. The van der Waals surface area contributed by atoms with Crippen LogP contribution >= 0.6 is 0 Å². The molecule has 0 aliphatic heterocycles. The maximum absolute atomic E-state index is 13.1. The first-order valence-electron chi connectivity index (χ1n) is 10.7. The highest BCUT2D eigenvalue weighted by molar-refractivity contribution is 5.96. The van der Waals surface area contributed by atoms with Crippen molar-refractivity contribution in [3.8, 4) is 11.5 Å². The molecule has 0 unspecified atom stereocenters. The van der Waals surface area contributed by atoms with E-state index < -0.39 is 5.54 Å². The number of hydrogen-bond acceptors (Lipinski definition) is 4. The van der Waals surface area contributed by atoms with E-state index in [1.54, 1.807) is 14.2 Å². The number of carbonyl (C=O) groups is 2. The van der Waals surface area contributed by atoms with Crippen molar-refractivity contribution < 1.29 is 19.1 Å². The van der Waals surface area contributed by atoms with Crippen molar-refractivity contribution in [3.63, 3.8) is 0 Å². The SMILES string of the molecule is COc1ccc(CCNC(=O)C2(NC(=O)Nc3ccccc3)CCCCC2)cc1OC. The molecule has 0 heterocycles. The molecule has 2 aromatic carbocycles. The normalized spacial score (nSPS) is 14.9. The number of ether oxygens (including phenoxy) is 2. The maximum Gasteiger partial charge on any atom is 0.320 e. The smallest absolute Gasteiger partial charge is 0.320 e. The Morgan fingerprint density at radius 3 is 2.32 bits per heavy atom. The van der Waals surface area contributed by atoms with E-state index in [0.29, 0.717) is 43.0 Å². The summed E-state index contributed by atoms with van der Waals surface area (Å²) in [5.41, 5.74) is 0.847.